The van der Waals surface area contributed by atoms with Gasteiger partial charge in [-0.1, -0.05) is 40.2 Å². The quantitative estimate of drug-likeness (QED) is 0.866. The zero-order valence-electron chi connectivity index (χ0n) is 11.6. The Labute approximate surface area is 131 Å². The van der Waals surface area contributed by atoms with Crippen LogP contribution in [0.1, 0.15) is 23.1 Å². The van der Waals surface area contributed by atoms with Crippen molar-refractivity contribution in [2.24, 2.45) is 5.73 Å². The zero-order chi connectivity index (χ0) is 15.4. The molecule has 0 aromatic heterocycles. The van der Waals surface area contributed by atoms with Crippen LogP contribution in [0.2, 0.25) is 0 Å². The predicted molar refractivity (Wildman–Crippen MR) is 83.8 cm³/mol. The normalized spacial score (nSPS) is 13.8. The largest absolute Gasteiger partial charge is 0.496 e. The molecule has 0 saturated heterocycles. The van der Waals surface area contributed by atoms with Crippen LogP contribution in [0.15, 0.2) is 46.9 Å². The van der Waals surface area contributed by atoms with Crippen LogP contribution in [0, 0.1) is 5.82 Å². The molecule has 0 spiro atoms. The molecule has 0 bridgehead atoms. The summed E-state index contributed by atoms with van der Waals surface area (Å²) in [5.74, 6) is -0.379. The van der Waals surface area contributed by atoms with E-state index in [1.807, 2.05) is 0 Å². The van der Waals surface area contributed by atoms with Crippen LogP contribution in [0.3, 0.4) is 0 Å². The van der Waals surface area contributed by atoms with Crippen LogP contribution >= 0.6 is 15.9 Å². The van der Waals surface area contributed by atoms with Crippen molar-refractivity contribution >= 4 is 15.9 Å². The smallest absolute Gasteiger partial charge is 0.126 e. The van der Waals surface area contributed by atoms with E-state index in [2.05, 4.69) is 15.9 Å². The Bertz CT molecular complexity index is 621. The molecule has 0 amide bonds. The summed E-state index contributed by atoms with van der Waals surface area (Å²) in [7, 11) is 1.53. The Hall–Kier alpha value is -1.43. The third-order valence-corrected chi connectivity index (χ3v) is 3.95. The van der Waals surface area contributed by atoms with Crippen molar-refractivity contribution in [1.82, 2.24) is 0 Å². The Balaban J connectivity index is 2.41. The molecule has 2 rings (SSSR count). The summed E-state index contributed by atoms with van der Waals surface area (Å²) in [5, 5.41) is 10.6. The molecule has 0 saturated carbocycles. The second kappa shape index (κ2) is 7.02. The second-order valence-electron chi connectivity index (χ2n) is 4.69. The van der Waals surface area contributed by atoms with Crippen LogP contribution in [-0.4, -0.2) is 18.8 Å². The number of nitrogens with two attached hydrogens (primary N) is 1. The molecule has 0 heterocycles. The Morgan fingerprint density at radius 3 is 2.57 bits per heavy atom. The summed E-state index contributed by atoms with van der Waals surface area (Å²) >= 11 is 3.35. The first-order valence-corrected chi connectivity index (χ1v) is 7.33. The number of rotatable bonds is 5. The second-order valence-corrected chi connectivity index (χ2v) is 5.61. The highest BCUT2D eigenvalue weighted by Crippen LogP contribution is 2.37. The van der Waals surface area contributed by atoms with Gasteiger partial charge in [-0.3, -0.25) is 0 Å². The summed E-state index contributed by atoms with van der Waals surface area (Å²) in [6, 6.07) is 11.6. The van der Waals surface area contributed by atoms with E-state index in [4.69, 9.17) is 10.5 Å². The van der Waals surface area contributed by atoms with Gasteiger partial charge in [-0.25, -0.2) is 4.39 Å². The average Bonchev–Trinajstić information content (AvgIpc) is 2.49. The third kappa shape index (κ3) is 3.43. The van der Waals surface area contributed by atoms with E-state index in [-0.39, 0.29) is 12.4 Å². The van der Waals surface area contributed by atoms with Gasteiger partial charge < -0.3 is 15.6 Å². The number of ether oxygens (including phenoxy) is 1. The predicted octanol–water partition coefficient (Wildman–Crippen LogP) is 3.37. The standard InChI is InChI=1S/C16H17BrFNO2/c1-21-15-8-10(17)6-7-12(15)16(20)13(9-19)11-4-2-3-5-14(11)18/h2-8,13,16,20H,9,19H2,1H3. The summed E-state index contributed by atoms with van der Waals surface area (Å²) in [4.78, 5) is 0. The van der Waals surface area contributed by atoms with Crippen LogP contribution < -0.4 is 10.5 Å². The van der Waals surface area contributed by atoms with E-state index >= 15 is 0 Å². The topological polar surface area (TPSA) is 55.5 Å². The number of aliphatic hydroxyl groups is 1. The van der Waals surface area contributed by atoms with Crippen LogP contribution in [0.25, 0.3) is 0 Å². The summed E-state index contributed by atoms with van der Waals surface area (Å²) in [6.07, 6.45) is -0.949. The molecule has 2 aromatic rings. The highest BCUT2D eigenvalue weighted by atomic mass is 79.9. The number of halogens is 2. The molecular weight excluding hydrogens is 337 g/mol. The van der Waals surface area contributed by atoms with E-state index in [0.717, 1.165) is 4.47 Å². The fourth-order valence-electron chi connectivity index (χ4n) is 2.35. The summed E-state index contributed by atoms with van der Waals surface area (Å²) in [5.41, 5.74) is 6.74. The first-order chi connectivity index (χ1) is 10.1. The molecule has 112 valence electrons. The summed E-state index contributed by atoms with van der Waals surface area (Å²) in [6.45, 7) is 0.126. The molecule has 2 aromatic carbocycles. The lowest BCUT2D eigenvalue weighted by atomic mass is 9.88. The Kier molecular flexibility index (Phi) is 5.33. The lowest BCUT2D eigenvalue weighted by Crippen LogP contribution is -2.21. The van der Waals surface area contributed by atoms with E-state index in [9.17, 15) is 9.50 Å². The van der Waals surface area contributed by atoms with Gasteiger partial charge in [-0.15, -0.1) is 0 Å². The van der Waals surface area contributed by atoms with Crippen molar-refractivity contribution in [3.05, 3.63) is 63.9 Å². The zero-order valence-corrected chi connectivity index (χ0v) is 13.2. The van der Waals surface area contributed by atoms with Crippen molar-refractivity contribution in [2.45, 2.75) is 12.0 Å². The van der Waals surface area contributed by atoms with Gasteiger partial charge in [-0.05, 0) is 23.8 Å². The molecule has 0 radical (unpaired) electrons. The molecular formula is C16H17BrFNO2. The monoisotopic (exact) mass is 353 g/mol. The van der Waals surface area contributed by atoms with Gasteiger partial charge in [0.1, 0.15) is 11.6 Å². The lowest BCUT2D eigenvalue weighted by molar-refractivity contribution is 0.142. The van der Waals surface area contributed by atoms with Gasteiger partial charge in [0.2, 0.25) is 0 Å². The fraction of sp³-hybridized carbons (Fsp3) is 0.250. The molecule has 0 aliphatic rings. The maximum atomic E-state index is 13.9. The van der Waals surface area contributed by atoms with Crippen molar-refractivity contribution in [3.8, 4) is 5.75 Å². The van der Waals surface area contributed by atoms with Crippen molar-refractivity contribution < 1.29 is 14.2 Å². The van der Waals surface area contributed by atoms with E-state index in [1.165, 1.54) is 13.2 Å². The van der Waals surface area contributed by atoms with Crippen LogP contribution in [0.4, 0.5) is 4.39 Å². The first kappa shape index (κ1) is 15.9. The SMILES string of the molecule is COc1cc(Br)ccc1C(O)C(CN)c1ccccc1F. The third-order valence-electron chi connectivity index (χ3n) is 3.45. The van der Waals surface area contributed by atoms with Gasteiger partial charge >= 0.3 is 0 Å². The van der Waals surface area contributed by atoms with E-state index < -0.39 is 12.0 Å². The summed E-state index contributed by atoms with van der Waals surface area (Å²) < 4.78 is 20.1. The van der Waals surface area contributed by atoms with E-state index in [1.54, 1.807) is 36.4 Å². The van der Waals surface area contributed by atoms with Gasteiger partial charge in [0.15, 0.2) is 0 Å². The molecule has 21 heavy (non-hydrogen) atoms. The van der Waals surface area contributed by atoms with Crippen molar-refractivity contribution in [1.29, 1.82) is 0 Å². The highest BCUT2D eigenvalue weighted by Gasteiger charge is 2.26. The minimum Gasteiger partial charge on any atom is -0.496 e. The maximum absolute atomic E-state index is 13.9. The van der Waals surface area contributed by atoms with Gasteiger partial charge in [0, 0.05) is 22.5 Å². The van der Waals surface area contributed by atoms with Gasteiger partial charge in [0.05, 0.1) is 13.2 Å². The van der Waals surface area contributed by atoms with Gasteiger partial charge in [0.25, 0.3) is 0 Å². The van der Waals surface area contributed by atoms with Crippen LogP contribution in [0.5, 0.6) is 5.75 Å². The van der Waals surface area contributed by atoms with Crippen LogP contribution in [-0.2, 0) is 0 Å². The molecule has 3 nitrogen and oxygen atoms in total. The fourth-order valence-corrected chi connectivity index (χ4v) is 2.69. The molecule has 0 aliphatic heterocycles. The molecule has 3 N–H and O–H groups in total. The average molecular weight is 354 g/mol. The Morgan fingerprint density at radius 2 is 1.95 bits per heavy atom. The van der Waals surface area contributed by atoms with E-state index in [0.29, 0.717) is 16.9 Å². The minimum absolute atomic E-state index is 0.126. The molecule has 2 unspecified atom stereocenters. The highest BCUT2D eigenvalue weighted by molar-refractivity contribution is 9.10. The number of aliphatic hydroxyl groups excluding tert-OH is 1. The number of benzene rings is 2. The molecule has 0 fully saturated rings. The maximum Gasteiger partial charge on any atom is 0.126 e. The minimum atomic E-state index is -0.949. The first-order valence-electron chi connectivity index (χ1n) is 6.54. The lowest BCUT2D eigenvalue weighted by Gasteiger charge is -2.24. The molecule has 5 heteroatoms. The number of hydrogen-bond acceptors (Lipinski definition) is 3. The van der Waals surface area contributed by atoms with Gasteiger partial charge in [-0.2, -0.15) is 0 Å². The number of methoxy groups -OCH3 is 1. The van der Waals surface area contributed by atoms with Crippen molar-refractivity contribution in [2.75, 3.05) is 13.7 Å². The van der Waals surface area contributed by atoms with Crippen molar-refractivity contribution in [3.63, 3.8) is 0 Å². The molecule has 2 atom stereocenters. The number of hydrogen-bond donors (Lipinski definition) is 2. The Morgan fingerprint density at radius 1 is 1.24 bits per heavy atom. The molecule has 0 aliphatic carbocycles.